The van der Waals surface area contributed by atoms with Crippen molar-refractivity contribution in [2.24, 2.45) is 0 Å². The average Bonchev–Trinajstić information content (AvgIpc) is 2.81. The van der Waals surface area contributed by atoms with Crippen molar-refractivity contribution < 1.29 is 14.1 Å². The number of hydrogen-bond acceptors (Lipinski definition) is 5. The van der Waals surface area contributed by atoms with Crippen LogP contribution in [0.2, 0.25) is 5.02 Å². The van der Waals surface area contributed by atoms with E-state index in [4.69, 9.17) is 20.9 Å². The minimum atomic E-state index is -0.604. The number of esters is 1. The highest BCUT2D eigenvalue weighted by molar-refractivity contribution is 6.30. The second kappa shape index (κ2) is 5.64. The highest BCUT2D eigenvalue weighted by atomic mass is 35.5. The van der Waals surface area contributed by atoms with Crippen molar-refractivity contribution in [1.29, 1.82) is 0 Å². The zero-order valence-electron chi connectivity index (χ0n) is 9.72. The van der Waals surface area contributed by atoms with Gasteiger partial charge in [0.25, 0.3) is 0 Å². The van der Waals surface area contributed by atoms with Gasteiger partial charge in [0.15, 0.2) is 5.82 Å². The van der Waals surface area contributed by atoms with Gasteiger partial charge in [-0.15, -0.1) is 0 Å². The van der Waals surface area contributed by atoms with Crippen LogP contribution >= 0.6 is 11.6 Å². The van der Waals surface area contributed by atoms with Crippen LogP contribution in [0.25, 0.3) is 0 Å². The fourth-order valence-corrected chi connectivity index (χ4v) is 1.51. The summed E-state index contributed by atoms with van der Waals surface area (Å²) in [6.45, 7) is 1.98. The van der Waals surface area contributed by atoms with Gasteiger partial charge in [-0.05, 0) is 24.6 Å². The Morgan fingerprint density at radius 3 is 2.78 bits per heavy atom. The zero-order valence-corrected chi connectivity index (χ0v) is 10.5. The van der Waals surface area contributed by atoms with Crippen molar-refractivity contribution in [3.63, 3.8) is 0 Å². The summed E-state index contributed by atoms with van der Waals surface area (Å²) in [6.07, 6.45) is 0.472. The Hall–Kier alpha value is -1.88. The lowest BCUT2D eigenvalue weighted by Gasteiger charge is -1.96. The van der Waals surface area contributed by atoms with Crippen LogP contribution in [0.3, 0.4) is 0 Å². The van der Waals surface area contributed by atoms with Crippen LogP contribution in [-0.2, 0) is 11.2 Å². The first kappa shape index (κ1) is 12.6. The van der Waals surface area contributed by atoms with Crippen molar-refractivity contribution in [2.45, 2.75) is 13.3 Å². The standard InChI is InChI=1S/C12H11ClN2O3/c1-2-17-12(16)11-14-10(15-18-11)7-8-3-5-9(13)6-4-8/h3-6H,2,7H2,1H3. The van der Waals surface area contributed by atoms with Crippen LogP contribution in [0.15, 0.2) is 28.8 Å². The van der Waals surface area contributed by atoms with Crippen LogP contribution in [0.5, 0.6) is 0 Å². The third kappa shape index (κ3) is 3.07. The van der Waals surface area contributed by atoms with Crippen molar-refractivity contribution in [2.75, 3.05) is 6.61 Å². The smallest absolute Gasteiger partial charge is 0.397 e. The maximum atomic E-state index is 11.3. The molecule has 5 nitrogen and oxygen atoms in total. The number of nitrogens with zero attached hydrogens (tertiary/aromatic N) is 2. The molecular weight excluding hydrogens is 256 g/mol. The summed E-state index contributed by atoms with van der Waals surface area (Å²) < 4.78 is 9.57. The Labute approximate surface area is 109 Å². The molecule has 2 aromatic rings. The van der Waals surface area contributed by atoms with E-state index in [2.05, 4.69) is 10.1 Å². The lowest BCUT2D eigenvalue weighted by Crippen LogP contribution is -2.05. The Morgan fingerprint density at radius 2 is 2.11 bits per heavy atom. The first-order chi connectivity index (χ1) is 8.69. The number of ether oxygens (including phenoxy) is 1. The first-order valence-electron chi connectivity index (χ1n) is 5.43. The largest absolute Gasteiger partial charge is 0.459 e. The summed E-state index contributed by atoms with van der Waals surface area (Å²) in [5.41, 5.74) is 0.982. The maximum Gasteiger partial charge on any atom is 0.397 e. The van der Waals surface area contributed by atoms with E-state index in [-0.39, 0.29) is 12.5 Å². The number of rotatable bonds is 4. The van der Waals surface area contributed by atoms with Gasteiger partial charge in [-0.2, -0.15) is 4.98 Å². The van der Waals surface area contributed by atoms with Gasteiger partial charge in [0.1, 0.15) is 0 Å². The molecular formula is C12H11ClN2O3. The molecule has 0 spiro atoms. The molecule has 94 valence electrons. The monoisotopic (exact) mass is 266 g/mol. The number of halogens is 1. The predicted octanol–water partition coefficient (Wildman–Crippen LogP) is 2.49. The molecule has 0 aliphatic carbocycles. The zero-order chi connectivity index (χ0) is 13.0. The average molecular weight is 267 g/mol. The third-order valence-corrected chi connectivity index (χ3v) is 2.45. The molecule has 0 amide bonds. The Bertz CT molecular complexity index is 537. The van der Waals surface area contributed by atoms with Crippen molar-refractivity contribution in [3.8, 4) is 0 Å². The van der Waals surface area contributed by atoms with E-state index in [1.165, 1.54) is 0 Å². The molecule has 6 heteroatoms. The summed E-state index contributed by atoms with van der Waals surface area (Å²) in [6, 6.07) is 7.29. The van der Waals surface area contributed by atoms with Gasteiger partial charge in [-0.1, -0.05) is 28.9 Å². The molecule has 1 aromatic carbocycles. The predicted molar refractivity (Wildman–Crippen MR) is 64.5 cm³/mol. The molecule has 0 N–H and O–H groups in total. The summed E-state index contributed by atoms with van der Waals surface area (Å²) in [4.78, 5) is 15.3. The summed E-state index contributed by atoms with van der Waals surface area (Å²) in [7, 11) is 0. The molecule has 0 radical (unpaired) electrons. The molecule has 0 saturated heterocycles. The molecule has 0 saturated carbocycles. The van der Waals surface area contributed by atoms with E-state index in [1.54, 1.807) is 19.1 Å². The molecule has 0 aliphatic heterocycles. The van der Waals surface area contributed by atoms with E-state index in [9.17, 15) is 4.79 Å². The van der Waals surface area contributed by atoms with Gasteiger partial charge >= 0.3 is 11.9 Å². The minimum absolute atomic E-state index is 0.124. The quantitative estimate of drug-likeness (QED) is 0.796. The number of carbonyl (C=O) groups is 1. The molecule has 1 aromatic heterocycles. The van der Waals surface area contributed by atoms with Crippen molar-refractivity contribution in [1.82, 2.24) is 10.1 Å². The number of aromatic nitrogens is 2. The normalized spacial score (nSPS) is 10.3. The van der Waals surface area contributed by atoms with Crippen LogP contribution in [0, 0.1) is 0 Å². The van der Waals surface area contributed by atoms with Crippen molar-refractivity contribution in [3.05, 3.63) is 46.6 Å². The lowest BCUT2D eigenvalue weighted by atomic mass is 10.1. The Balaban J connectivity index is 2.06. The third-order valence-electron chi connectivity index (χ3n) is 2.19. The molecule has 1 heterocycles. The van der Waals surface area contributed by atoms with Crippen LogP contribution in [0.1, 0.15) is 29.0 Å². The van der Waals surface area contributed by atoms with Crippen molar-refractivity contribution >= 4 is 17.6 Å². The van der Waals surface area contributed by atoms with Gasteiger partial charge in [0, 0.05) is 11.4 Å². The minimum Gasteiger partial charge on any atom is -0.459 e. The highest BCUT2D eigenvalue weighted by Gasteiger charge is 2.16. The van der Waals surface area contributed by atoms with Gasteiger partial charge in [0.2, 0.25) is 0 Å². The highest BCUT2D eigenvalue weighted by Crippen LogP contribution is 2.12. The molecule has 18 heavy (non-hydrogen) atoms. The summed E-state index contributed by atoms with van der Waals surface area (Å²) in [5.74, 6) is -0.298. The number of carbonyl (C=O) groups excluding carboxylic acids is 1. The molecule has 2 rings (SSSR count). The van der Waals surface area contributed by atoms with Gasteiger partial charge in [-0.3, -0.25) is 0 Å². The molecule has 0 atom stereocenters. The second-order valence-corrected chi connectivity index (χ2v) is 3.98. The molecule has 0 aliphatic rings. The number of hydrogen-bond donors (Lipinski definition) is 0. The van der Waals surface area contributed by atoms with E-state index in [0.717, 1.165) is 5.56 Å². The first-order valence-corrected chi connectivity index (χ1v) is 5.81. The Kier molecular flexibility index (Phi) is 3.94. The van der Waals surface area contributed by atoms with Gasteiger partial charge in [-0.25, -0.2) is 4.79 Å². The molecule has 0 unspecified atom stereocenters. The maximum absolute atomic E-state index is 11.3. The van der Waals surface area contributed by atoms with Crippen LogP contribution in [0.4, 0.5) is 0 Å². The summed E-state index contributed by atoms with van der Waals surface area (Å²) in [5, 5.41) is 4.38. The van der Waals surface area contributed by atoms with E-state index in [1.807, 2.05) is 12.1 Å². The SMILES string of the molecule is CCOC(=O)c1nc(Cc2ccc(Cl)cc2)no1. The van der Waals surface area contributed by atoms with Crippen LogP contribution < -0.4 is 0 Å². The fraction of sp³-hybridized carbons (Fsp3) is 0.250. The number of benzene rings is 1. The summed E-state index contributed by atoms with van der Waals surface area (Å²) >= 11 is 5.78. The lowest BCUT2D eigenvalue weighted by molar-refractivity contribution is 0.0470. The second-order valence-electron chi connectivity index (χ2n) is 3.54. The van der Waals surface area contributed by atoms with E-state index >= 15 is 0 Å². The molecule has 0 bridgehead atoms. The van der Waals surface area contributed by atoms with E-state index in [0.29, 0.717) is 17.3 Å². The van der Waals surface area contributed by atoms with Crippen LogP contribution in [-0.4, -0.2) is 22.7 Å². The van der Waals surface area contributed by atoms with Gasteiger partial charge in [0.05, 0.1) is 6.61 Å². The topological polar surface area (TPSA) is 65.2 Å². The molecule has 0 fully saturated rings. The van der Waals surface area contributed by atoms with Gasteiger partial charge < -0.3 is 9.26 Å². The Morgan fingerprint density at radius 1 is 1.39 bits per heavy atom. The van der Waals surface area contributed by atoms with E-state index < -0.39 is 5.97 Å². The fourth-order valence-electron chi connectivity index (χ4n) is 1.39.